The van der Waals surface area contributed by atoms with E-state index in [1.54, 1.807) is 32.3 Å². The summed E-state index contributed by atoms with van der Waals surface area (Å²) in [6, 6.07) is 10.6. The summed E-state index contributed by atoms with van der Waals surface area (Å²) in [7, 11) is 4.65. The number of Topliss-reactive ketones (excluding diaryl/α,β-unsaturated/α-hetero) is 1. The van der Waals surface area contributed by atoms with Crippen LogP contribution < -0.4 is 24.4 Å². The van der Waals surface area contributed by atoms with Gasteiger partial charge >= 0.3 is 0 Å². The number of ketones is 1. The molecule has 1 amide bonds. The Morgan fingerprint density at radius 3 is 2.38 bits per heavy atom. The van der Waals surface area contributed by atoms with Gasteiger partial charge in [0.25, 0.3) is 0 Å². The van der Waals surface area contributed by atoms with Crippen LogP contribution in [0.4, 0.5) is 11.4 Å². The van der Waals surface area contributed by atoms with Crippen molar-refractivity contribution in [1.82, 2.24) is 0 Å². The van der Waals surface area contributed by atoms with Gasteiger partial charge in [0.05, 0.1) is 38.7 Å². The van der Waals surface area contributed by atoms with Crippen molar-refractivity contribution in [3.05, 3.63) is 53.2 Å². The zero-order valence-electron chi connectivity index (χ0n) is 20.7. The molecule has 0 spiro atoms. The van der Waals surface area contributed by atoms with E-state index < -0.39 is 6.04 Å². The summed E-state index contributed by atoms with van der Waals surface area (Å²) in [6.07, 6.45) is 1.36. The van der Waals surface area contributed by atoms with E-state index in [1.165, 1.54) is 0 Å². The van der Waals surface area contributed by atoms with Crippen molar-refractivity contribution in [2.45, 2.75) is 46.1 Å². The highest BCUT2D eigenvalue weighted by atomic mass is 16.5. The molecule has 0 aromatic heterocycles. The molecule has 0 radical (unpaired) electrons. The molecule has 34 heavy (non-hydrogen) atoms. The van der Waals surface area contributed by atoms with E-state index in [4.69, 9.17) is 14.2 Å². The van der Waals surface area contributed by atoms with Gasteiger partial charge in [-0.2, -0.15) is 0 Å². The quantitative estimate of drug-likeness (QED) is 0.650. The number of anilines is 2. The van der Waals surface area contributed by atoms with Gasteiger partial charge in [0.2, 0.25) is 11.7 Å². The van der Waals surface area contributed by atoms with Gasteiger partial charge in [-0.1, -0.05) is 32.9 Å². The third kappa shape index (κ3) is 3.89. The van der Waals surface area contributed by atoms with Crippen LogP contribution in [0.2, 0.25) is 0 Å². The molecule has 0 bridgehead atoms. The molecule has 180 valence electrons. The van der Waals surface area contributed by atoms with Crippen molar-refractivity contribution in [3.63, 3.8) is 0 Å². The van der Waals surface area contributed by atoms with Crippen LogP contribution in [0, 0.1) is 5.41 Å². The highest BCUT2D eigenvalue weighted by Crippen LogP contribution is 2.52. The molecule has 7 nitrogen and oxygen atoms in total. The normalized spacial score (nSPS) is 18.9. The molecule has 1 aliphatic heterocycles. The lowest BCUT2D eigenvalue weighted by molar-refractivity contribution is -0.119. The van der Waals surface area contributed by atoms with Crippen molar-refractivity contribution in [1.29, 1.82) is 0 Å². The molecule has 7 heteroatoms. The number of nitrogens with one attached hydrogen (secondary N) is 1. The van der Waals surface area contributed by atoms with E-state index in [0.29, 0.717) is 41.2 Å². The van der Waals surface area contributed by atoms with Crippen molar-refractivity contribution >= 4 is 23.1 Å². The minimum absolute atomic E-state index is 0.0160. The number of allylic oxidation sites excluding steroid dienone is 1. The lowest BCUT2D eigenvalue weighted by Gasteiger charge is -2.37. The lowest BCUT2D eigenvalue weighted by atomic mass is 9.73. The molecule has 1 N–H and O–H groups in total. The Morgan fingerprint density at radius 1 is 1.03 bits per heavy atom. The number of hydrogen-bond acceptors (Lipinski definition) is 6. The largest absolute Gasteiger partial charge is 0.493 e. The van der Waals surface area contributed by atoms with E-state index in [-0.39, 0.29) is 23.5 Å². The average Bonchev–Trinajstić information content (AvgIpc) is 2.95. The van der Waals surface area contributed by atoms with Crippen molar-refractivity contribution in [2.75, 3.05) is 31.5 Å². The molecule has 1 aliphatic carbocycles. The van der Waals surface area contributed by atoms with Gasteiger partial charge in [-0.15, -0.1) is 0 Å². The minimum Gasteiger partial charge on any atom is -0.493 e. The maximum Gasteiger partial charge on any atom is 0.227 e. The number of nitrogens with zero attached hydrogens (tertiary/aromatic N) is 1. The topological polar surface area (TPSA) is 77.1 Å². The zero-order valence-corrected chi connectivity index (χ0v) is 20.7. The van der Waals surface area contributed by atoms with E-state index in [0.717, 1.165) is 17.1 Å². The van der Waals surface area contributed by atoms with Crippen LogP contribution >= 0.6 is 0 Å². The molecule has 2 aromatic carbocycles. The van der Waals surface area contributed by atoms with Crippen LogP contribution in [0.25, 0.3) is 0 Å². The highest BCUT2D eigenvalue weighted by molar-refractivity contribution is 6.06. The molecule has 1 atom stereocenters. The third-order valence-corrected chi connectivity index (χ3v) is 6.50. The molecule has 2 aromatic rings. The number of hydrogen-bond donors (Lipinski definition) is 1. The molecule has 1 heterocycles. The second-order valence-electron chi connectivity index (χ2n) is 9.42. The summed E-state index contributed by atoms with van der Waals surface area (Å²) in [5, 5.41) is 3.51. The van der Waals surface area contributed by atoms with Crippen LogP contribution in [0.1, 0.15) is 51.6 Å². The maximum atomic E-state index is 13.7. The van der Waals surface area contributed by atoms with Gasteiger partial charge < -0.3 is 19.5 Å². The summed E-state index contributed by atoms with van der Waals surface area (Å²) < 4.78 is 16.9. The Hall–Kier alpha value is -3.48. The summed E-state index contributed by atoms with van der Waals surface area (Å²) in [4.78, 5) is 29.0. The second kappa shape index (κ2) is 9.05. The first-order valence-corrected chi connectivity index (χ1v) is 11.5. The summed E-state index contributed by atoms with van der Waals surface area (Å²) in [5.41, 5.74) is 3.40. The van der Waals surface area contributed by atoms with E-state index >= 15 is 0 Å². The summed E-state index contributed by atoms with van der Waals surface area (Å²) in [6.45, 7) is 6.01. The smallest absolute Gasteiger partial charge is 0.227 e. The van der Waals surface area contributed by atoms with Gasteiger partial charge in [-0.25, -0.2) is 0 Å². The van der Waals surface area contributed by atoms with Gasteiger partial charge in [0.15, 0.2) is 17.3 Å². The molecule has 0 saturated heterocycles. The third-order valence-electron chi connectivity index (χ3n) is 6.50. The second-order valence-corrected chi connectivity index (χ2v) is 9.42. The Labute approximate surface area is 200 Å². The van der Waals surface area contributed by atoms with Gasteiger partial charge in [0.1, 0.15) is 0 Å². The van der Waals surface area contributed by atoms with Crippen molar-refractivity contribution in [3.8, 4) is 17.2 Å². The number of amides is 1. The Balaban J connectivity index is 2.08. The standard InChI is InChI=1S/C27H32N2O5/c1-7-22(31)29-19-11-9-8-10-17(19)28-18-14-27(2,3)15-20(30)23(18)24(29)16-12-13-21(32-4)26(34-6)25(16)33-5/h8-13,24,28H,7,14-15H2,1-6H3. The van der Waals surface area contributed by atoms with Crippen LogP contribution in [0.5, 0.6) is 17.2 Å². The van der Waals surface area contributed by atoms with Crippen LogP contribution in [0.15, 0.2) is 47.7 Å². The van der Waals surface area contributed by atoms with Gasteiger partial charge in [-0.3, -0.25) is 14.5 Å². The predicted molar refractivity (Wildman–Crippen MR) is 132 cm³/mol. The summed E-state index contributed by atoms with van der Waals surface area (Å²) >= 11 is 0. The number of ether oxygens (including phenoxy) is 3. The van der Waals surface area contributed by atoms with Gasteiger partial charge in [0, 0.05) is 29.7 Å². The summed E-state index contributed by atoms with van der Waals surface area (Å²) in [5.74, 6) is 1.28. The number of carbonyl (C=O) groups excluding carboxylic acids is 2. The Kier molecular flexibility index (Phi) is 6.30. The first-order valence-electron chi connectivity index (χ1n) is 11.5. The van der Waals surface area contributed by atoms with E-state index in [1.807, 2.05) is 37.3 Å². The predicted octanol–water partition coefficient (Wildman–Crippen LogP) is 5.27. The van der Waals surface area contributed by atoms with E-state index in [2.05, 4.69) is 19.2 Å². The van der Waals surface area contributed by atoms with Crippen molar-refractivity contribution < 1.29 is 23.8 Å². The molecule has 1 unspecified atom stereocenters. The number of methoxy groups -OCH3 is 3. The number of para-hydroxylation sites is 2. The zero-order chi connectivity index (χ0) is 24.6. The first kappa shape index (κ1) is 23.7. The number of benzene rings is 2. The van der Waals surface area contributed by atoms with Crippen molar-refractivity contribution in [2.24, 2.45) is 5.41 Å². The molecule has 2 aliphatic rings. The number of rotatable bonds is 5. The monoisotopic (exact) mass is 464 g/mol. The number of carbonyl (C=O) groups is 2. The highest BCUT2D eigenvalue weighted by Gasteiger charge is 2.44. The SMILES string of the molecule is CCC(=O)N1c2ccccc2NC2=C(C(=O)CC(C)(C)C2)C1c1ccc(OC)c(OC)c1OC. The lowest BCUT2D eigenvalue weighted by Crippen LogP contribution is -2.39. The minimum atomic E-state index is -0.683. The first-order chi connectivity index (χ1) is 16.3. The Morgan fingerprint density at radius 2 is 1.74 bits per heavy atom. The van der Waals surface area contributed by atoms with Crippen LogP contribution in [-0.2, 0) is 9.59 Å². The fourth-order valence-electron chi connectivity index (χ4n) is 5.07. The Bertz CT molecular complexity index is 1170. The molecule has 0 saturated carbocycles. The molecular formula is C27H32N2O5. The molecule has 4 rings (SSSR count). The fraction of sp³-hybridized carbons (Fsp3) is 0.407. The van der Waals surface area contributed by atoms with Gasteiger partial charge in [-0.05, 0) is 36.1 Å². The van der Waals surface area contributed by atoms with Crippen LogP contribution in [0.3, 0.4) is 0 Å². The molecule has 0 fully saturated rings. The van der Waals surface area contributed by atoms with E-state index in [9.17, 15) is 9.59 Å². The molecular weight excluding hydrogens is 432 g/mol. The van der Waals surface area contributed by atoms with Crippen LogP contribution in [-0.4, -0.2) is 33.0 Å². The number of fused-ring (bicyclic) bond motifs is 1. The average molecular weight is 465 g/mol. The fourth-order valence-corrected chi connectivity index (χ4v) is 5.07. The maximum absolute atomic E-state index is 13.7.